The molecular formula is C18H29ClN4O3. The first kappa shape index (κ1) is 22.2. The molecule has 0 aromatic heterocycles. The molecule has 1 aliphatic heterocycles. The summed E-state index contributed by atoms with van der Waals surface area (Å²) in [6.45, 7) is 4.45. The van der Waals surface area contributed by atoms with Crippen molar-refractivity contribution in [1.29, 1.82) is 0 Å². The SMILES string of the molecule is COCCN1CCCC(CN(C)C(=O)Nc2cccc(C(N)=O)c2)C1.Cl. The number of piperidine rings is 1. The molecule has 26 heavy (non-hydrogen) atoms. The lowest BCUT2D eigenvalue weighted by molar-refractivity contribution is 0.1000. The number of nitrogens with two attached hydrogens (primary N) is 1. The molecule has 1 saturated heterocycles. The third kappa shape index (κ3) is 6.82. The highest BCUT2D eigenvalue weighted by Gasteiger charge is 2.22. The summed E-state index contributed by atoms with van der Waals surface area (Å²) in [5.41, 5.74) is 6.21. The molecule has 1 aromatic rings. The molecule has 7 nitrogen and oxygen atoms in total. The van der Waals surface area contributed by atoms with Gasteiger partial charge in [-0.3, -0.25) is 4.79 Å². The van der Waals surface area contributed by atoms with Gasteiger partial charge in [0.05, 0.1) is 6.61 Å². The van der Waals surface area contributed by atoms with Gasteiger partial charge in [-0.15, -0.1) is 12.4 Å². The zero-order chi connectivity index (χ0) is 18.2. The number of likely N-dealkylation sites (tertiary alicyclic amines) is 1. The summed E-state index contributed by atoms with van der Waals surface area (Å²) in [7, 11) is 3.51. The molecule has 0 spiro atoms. The Labute approximate surface area is 161 Å². The molecule has 1 unspecified atom stereocenters. The number of halogens is 1. The van der Waals surface area contributed by atoms with E-state index in [0.29, 0.717) is 23.7 Å². The van der Waals surface area contributed by atoms with E-state index in [-0.39, 0.29) is 18.4 Å². The lowest BCUT2D eigenvalue weighted by Crippen LogP contribution is -2.43. The average Bonchev–Trinajstić information content (AvgIpc) is 2.60. The molecule has 1 atom stereocenters. The molecule has 2 rings (SSSR count). The van der Waals surface area contributed by atoms with Crippen molar-refractivity contribution in [1.82, 2.24) is 9.80 Å². The second-order valence-electron chi connectivity index (χ2n) is 6.56. The minimum Gasteiger partial charge on any atom is -0.383 e. The fourth-order valence-corrected chi connectivity index (χ4v) is 3.16. The van der Waals surface area contributed by atoms with Crippen LogP contribution in [-0.2, 0) is 4.74 Å². The van der Waals surface area contributed by atoms with E-state index >= 15 is 0 Å². The predicted molar refractivity (Wildman–Crippen MR) is 105 cm³/mol. The molecule has 8 heteroatoms. The van der Waals surface area contributed by atoms with Crippen molar-refractivity contribution < 1.29 is 14.3 Å². The van der Waals surface area contributed by atoms with Crippen LogP contribution in [0.1, 0.15) is 23.2 Å². The number of methoxy groups -OCH3 is 1. The molecule has 0 radical (unpaired) electrons. The Balaban J connectivity index is 0.00000338. The number of hydrogen-bond acceptors (Lipinski definition) is 4. The number of amides is 3. The van der Waals surface area contributed by atoms with Crippen molar-refractivity contribution in [2.75, 3.05) is 52.3 Å². The van der Waals surface area contributed by atoms with Gasteiger partial charge >= 0.3 is 6.03 Å². The number of carbonyl (C=O) groups excluding carboxylic acids is 2. The smallest absolute Gasteiger partial charge is 0.321 e. The molecule has 146 valence electrons. The second kappa shape index (κ2) is 11.0. The molecule has 3 N–H and O–H groups in total. The number of nitrogens with zero attached hydrogens (tertiary/aromatic N) is 2. The van der Waals surface area contributed by atoms with E-state index < -0.39 is 5.91 Å². The van der Waals surface area contributed by atoms with Crippen molar-refractivity contribution in [3.8, 4) is 0 Å². The number of carbonyl (C=O) groups is 2. The van der Waals surface area contributed by atoms with Gasteiger partial charge < -0.3 is 25.6 Å². The van der Waals surface area contributed by atoms with Gasteiger partial charge in [-0.2, -0.15) is 0 Å². The first-order valence-electron chi connectivity index (χ1n) is 8.63. The maximum Gasteiger partial charge on any atom is 0.321 e. The quantitative estimate of drug-likeness (QED) is 0.752. The largest absolute Gasteiger partial charge is 0.383 e. The Morgan fingerprint density at radius 2 is 2.19 bits per heavy atom. The molecule has 1 fully saturated rings. The van der Waals surface area contributed by atoms with E-state index in [9.17, 15) is 9.59 Å². The monoisotopic (exact) mass is 384 g/mol. The molecule has 1 aromatic carbocycles. The number of hydrogen-bond donors (Lipinski definition) is 2. The van der Waals surface area contributed by atoms with E-state index in [2.05, 4.69) is 10.2 Å². The maximum absolute atomic E-state index is 12.4. The number of ether oxygens (including phenoxy) is 1. The van der Waals surface area contributed by atoms with Gasteiger partial charge in [0.1, 0.15) is 0 Å². The van der Waals surface area contributed by atoms with Gasteiger partial charge in [-0.25, -0.2) is 4.79 Å². The standard InChI is InChI=1S/C18H28N4O3.ClH/c1-21(12-14-5-4-8-22(13-14)9-10-25-2)18(24)20-16-7-3-6-15(11-16)17(19)23;/h3,6-7,11,14H,4-5,8-10,12-13H2,1-2H3,(H2,19,23)(H,20,24);1H. The molecule has 1 aliphatic rings. The van der Waals surface area contributed by atoms with Crippen molar-refractivity contribution >= 4 is 30.0 Å². The molecular weight excluding hydrogens is 356 g/mol. The normalized spacial score (nSPS) is 17.2. The minimum atomic E-state index is -0.511. The Kier molecular flexibility index (Phi) is 9.40. The van der Waals surface area contributed by atoms with Crippen LogP contribution in [0.15, 0.2) is 24.3 Å². The highest BCUT2D eigenvalue weighted by molar-refractivity contribution is 5.95. The zero-order valence-corrected chi connectivity index (χ0v) is 16.3. The fraction of sp³-hybridized carbons (Fsp3) is 0.556. The lowest BCUT2D eigenvalue weighted by atomic mass is 9.97. The van der Waals surface area contributed by atoms with Gasteiger partial charge in [-0.05, 0) is 43.5 Å². The van der Waals surface area contributed by atoms with Crippen LogP contribution < -0.4 is 11.1 Å². The minimum absolute atomic E-state index is 0. The Morgan fingerprint density at radius 3 is 2.88 bits per heavy atom. The van der Waals surface area contributed by atoms with E-state index in [4.69, 9.17) is 10.5 Å². The van der Waals surface area contributed by atoms with E-state index in [0.717, 1.165) is 39.1 Å². The summed E-state index contributed by atoms with van der Waals surface area (Å²) >= 11 is 0. The number of benzene rings is 1. The number of nitrogens with one attached hydrogen (secondary N) is 1. The average molecular weight is 385 g/mol. The maximum atomic E-state index is 12.4. The number of urea groups is 1. The molecule has 0 saturated carbocycles. The number of anilines is 1. The van der Waals surface area contributed by atoms with Gasteiger partial charge in [0.25, 0.3) is 0 Å². The summed E-state index contributed by atoms with van der Waals surface area (Å²) < 4.78 is 5.14. The van der Waals surface area contributed by atoms with Crippen LogP contribution in [0.3, 0.4) is 0 Å². The van der Waals surface area contributed by atoms with Crippen LogP contribution in [0, 0.1) is 5.92 Å². The topological polar surface area (TPSA) is 87.9 Å². The van der Waals surface area contributed by atoms with Crippen molar-refractivity contribution in [2.24, 2.45) is 11.7 Å². The summed E-state index contributed by atoms with van der Waals surface area (Å²) in [5.74, 6) is -0.0545. The summed E-state index contributed by atoms with van der Waals surface area (Å²) in [6, 6.07) is 6.46. The van der Waals surface area contributed by atoms with E-state index in [1.165, 1.54) is 0 Å². The summed E-state index contributed by atoms with van der Waals surface area (Å²) in [4.78, 5) is 27.7. The molecule has 0 bridgehead atoms. The summed E-state index contributed by atoms with van der Waals surface area (Å²) in [6.07, 6.45) is 2.27. The van der Waals surface area contributed by atoms with Crippen LogP contribution in [-0.4, -0.2) is 68.7 Å². The Hall–Kier alpha value is -1.83. The molecule has 3 amide bonds. The van der Waals surface area contributed by atoms with Crippen molar-refractivity contribution in [3.63, 3.8) is 0 Å². The third-order valence-corrected chi connectivity index (χ3v) is 4.49. The second-order valence-corrected chi connectivity index (χ2v) is 6.56. The van der Waals surface area contributed by atoms with Crippen molar-refractivity contribution in [3.05, 3.63) is 29.8 Å². The molecule has 1 heterocycles. The lowest BCUT2D eigenvalue weighted by Gasteiger charge is -2.34. The van der Waals surface area contributed by atoms with Crippen LogP contribution in [0.5, 0.6) is 0 Å². The zero-order valence-electron chi connectivity index (χ0n) is 15.4. The van der Waals surface area contributed by atoms with E-state index in [1.807, 2.05) is 0 Å². The van der Waals surface area contributed by atoms with Crippen molar-refractivity contribution in [2.45, 2.75) is 12.8 Å². The van der Waals surface area contributed by atoms with Gasteiger partial charge in [0.2, 0.25) is 5.91 Å². The Bertz CT molecular complexity index is 600. The highest BCUT2D eigenvalue weighted by atomic mass is 35.5. The Morgan fingerprint density at radius 1 is 1.42 bits per heavy atom. The first-order valence-corrected chi connectivity index (χ1v) is 8.63. The predicted octanol–water partition coefficient (Wildman–Crippen LogP) is 2.03. The van der Waals surface area contributed by atoms with Crippen LogP contribution in [0.2, 0.25) is 0 Å². The van der Waals surface area contributed by atoms with Gasteiger partial charge in [0, 0.05) is 45.0 Å². The van der Waals surface area contributed by atoms with Crippen LogP contribution in [0.4, 0.5) is 10.5 Å². The summed E-state index contributed by atoms with van der Waals surface area (Å²) in [5, 5.41) is 2.82. The molecule has 0 aliphatic carbocycles. The number of primary amides is 1. The first-order chi connectivity index (χ1) is 12.0. The van der Waals surface area contributed by atoms with Crippen LogP contribution >= 0.6 is 12.4 Å². The number of rotatable bonds is 7. The third-order valence-electron chi connectivity index (χ3n) is 4.49. The van der Waals surface area contributed by atoms with Gasteiger partial charge in [-0.1, -0.05) is 6.07 Å². The fourth-order valence-electron chi connectivity index (χ4n) is 3.16. The highest BCUT2D eigenvalue weighted by Crippen LogP contribution is 2.18. The van der Waals surface area contributed by atoms with Crippen LogP contribution in [0.25, 0.3) is 0 Å². The van der Waals surface area contributed by atoms with E-state index in [1.54, 1.807) is 43.3 Å². The van der Waals surface area contributed by atoms with Gasteiger partial charge in [0.15, 0.2) is 0 Å².